The number of benzene rings is 1. The third kappa shape index (κ3) is 4.02. The summed E-state index contributed by atoms with van der Waals surface area (Å²) in [6.07, 6.45) is 6.48. The largest absolute Gasteiger partial charge is 0.477 e. The van der Waals surface area contributed by atoms with Crippen molar-refractivity contribution >= 4 is 50.3 Å². The van der Waals surface area contributed by atoms with E-state index in [1.807, 2.05) is 0 Å². The molecule has 43 heavy (non-hydrogen) atoms. The van der Waals surface area contributed by atoms with Gasteiger partial charge in [0.1, 0.15) is 11.2 Å². The number of aromatic carboxylic acids is 1. The van der Waals surface area contributed by atoms with Gasteiger partial charge in [-0.3, -0.25) is 4.79 Å². The normalized spacial score (nSPS) is 19.0. The molecular weight excluding hydrogens is 558 g/mol. The Bertz CT molecular complexity index is 2020. The van der Waals surface area contributed by atoms with Crippen LogP contribution in [-0.4, -0.2) is 82.4 Å². The fraction of sp³-hybridized carbons (Fsp3) is 0.333. The molecule has 2 fully saturated rings. The lowest BCUT2D eigenvalue weighted by atomic mass is 9.90. The molecule has 7 rings (SSSR count). The second kappa shape index (κ2) is 9.90. The Morgan fingerprint density at radius 2 is 1.91 bits per heavy atom. The summed E-state index contributed by atoms with van der Waals surface area (Å²) in [6.45, 7) is 2.37. The number of rotatable bonds is 5. The first-order valence-corrected chi connectivity index (χ1v) is 14.1. The first kappa shape index (κ1) is 27.1. The van der Waals surface area contributed by atoms with Crippen LogP contribution in [0.5, 0.6) is 0 Å². The van der Waals surface area contributed by atoms with Gasteiger partial charge in [-0.1, -0.05) is 0 Å². The molecule has 2 aliphatic rings. The molecule has 0 amide bonds. The van der Waals surface area contributed by atoms with Crippen molar-refractivity contribution in [2.24, 2.45) is 5.92 Å². The predicted molar refractivity (Wildman–Crippen MR) is 162 cm³/mol. The van der Waals surface area contributed by atoms with E-state index in [1.54, 1.807) is 32.6 Å². The SMILES string of the molecule is CNc1cc(F)c(F)c2c1[nH]c1ncc(-c3cnc4c(c3)c(=O)c(C(=O)O)cn4NC)c(N3CC[C@H]4CCN(C)[C@H]4C3)c12. The number of likely N-dealkylation sites (tertiary alicyclic amines) is 1. The summed E-state index contributed by atoms with van der Waals surface area (Å²) < 4.78 is 32.0. The fourth-order valence-electron chi connectivity index (χ4n) is 6.91. The fourth-order valence-corrected chi connectivity index (χ4v) is 6.91. The molecule has 0 bridgehead atoms. The zero-order chi connectivity index (χ0) is 30.2. The number of carboxylic acid groups (broad SMARTS) is 1. The van der Waals surface area contributed by atoms with Crippen molar-refractivity contribution in [3.8, 4) is 11.1 Å². The van der Waals surface area contributed by atoms with Gasteiger partial charge >= 0.3 is 5.97 Å². The molecule has 11 nitrogen and oxygen atoms in total. The lowest BCUT2D eigenvalue weighted by Gasteiger charge is -2.39. The van der Waals surface area contributed by atoms with Crippen LogP contribution >= 0.6 is 0 Å². The first-order chi connectivity index (χ1) is 20.7. The summed E-state index contributed by atoms with van der Waals surface area (Å²) in [4.78, 5) is 42.0. The summed E-state index contributed by atoms with van der Waals surface area (Å²) in [5, 5.41) is 13.2. The Labute approximate surface area is 244 Å². The number of carboxylic acids is 1. The molecule has 4 N–H and O–H groups in total. The van der Waals surface area contributed by atoms with E-state index in [0.717, 1.165) is 25.5 Å². The van der Waals surface area contributed by atoms with E-state index < -0.39 is 28.6 Å². The van der Waals surface area contributed by atoms with E-state index >= 15 is 4.39 Å². The summed E-state index contributed by atoms with van der Waals surface area (Å²) in [5.74, 6) is -2.77. The molecule has 4 aromatic heterocycles. The van der Waals surface area contributed by atoms with Crippen LogP contribution in [0.1, 0.15) is 23.2 Å². The minimum absolute atomic E-state index is 0.0880. The Balaban J connectivity index is 1.54. The molecule has 0 saturated carbocycles. The van der Waals surface area contributed by atoms with Crippen LogP contribution < -0.4 is 21.1 Å². The molecule has 2 atom stereocenters. The van der Waals surface area contributed by atoms with Crippen molar-refractivity contribution in [2.45, 2.75) is 18.9 Å². The summed E-state index contributed by atoms with van der Waals surface area (Å²) in [7, 11) is 5.34. The number of pyridine rings is 3. The number of aromatic amines is 1. The Kier molecular flexibility index (Phi) is 6.24. The standard InChI is InChI=1S/C30H30F2N8O3/c1-33-20-9-19(31)24(32)22-23-26(39-7-5-14-4-6-38(3)21(14)13-39)17(11-35-28(23)37-25(20)22)15-8-16-27(41)18(30(42)43)12-40(34-2)29(16)36-10-15/h8-12,14,21,33-34H,4-7,13H2,1-3H3,(H,35,37)(H,42,43)/t14-,21+/m1/s1. The van der Waals surface area contributed by atoms with Crippen molar-refractivity contribution in [1.82, 2.24) is 24.5 Å². The maximum absolute atomic E-state index is 15.7. The van der Waals surface area contributed by atoms with Crippen LogP contribution in [0.15, 0.2) is 35.5 Å². The molecule has 0 spiro atoms. The lowest BCUT2D eigenvalue weighted by Crippen LogP contribution is -2.47. The van der Waals surface area contributed by atoms with E-state index in [0.29, 0.717) is 64.1 Å². The van der Waals surface area contributed by atoms with Gasteiger partial charge in [0.25, 0.3) is 0 Å². The highest BCUT2D eigenvalue weighted by molar-refractivity contribution is 6.18. The summed E-state index contributed by atoms with van der Waals surface area (Å²) >= 11 is 0. The van der Waals surface area contributed by atoms with Gasteiger partial charge in [0, 0.05) is 69.0 Å². The number of hydrogen-bond acceptors (Lipinski definition) is 8. The number of H-pyrrole nitrogens is 1. The average molecular weight is 589 g/mol. The number of nitrogens with zero attached hydrogens (tertiary/aromatic N) is 5. The van der Waals surface area contributed by atoms with Gasteiger partial charge in [-0.2, -0.15) is 0 Å². The van der Waals surface area contributed by atoms with Crippen molar-refractivity contribution < 1.29 is 18.7 Å². The second-order valence-corrected chi connectivity index (χ2v) is 11.3. The highest BCUT2D eigenvalue weighted by Crippen LogP contribution is 2.45. The molecule has 13 heteroatoms. The second-order valence-electron chi connectivity index (χ2n) is 11.3. The van der Waals surface area contributed by atoms with Crippen LogP contribution in [0.25, 0.3) is 44.1 Å². The average Bonchev–Trinajstić information content (AvgIpc) is 3.59. The van der Waals surface area contributed by atoms with Crippen LogP contribution in [0.2, 0.25) is 0 Å². The molecule has 0 radical (unpaired) electrons. The third-order valence-electron chi connectivity index (χ3n) is 9.11. The number of carbonyl (C=O) groups is 1. The van der Waals surface area contributed by atoms with Crippen molar-refractivity contribution in [3.63, 3.8) is 0 Å². The van der Waals surface area contributed by atoms with E-state index in [4.69, 9.17) is 0 Å². The Hall–Kier alpha value is -4.78. The van der Waals surface area contributed by atoms with Gasteiger partial charge in [0.15, 0.2) is 17.3 Å². The van der Waals surface area contributed by atoms with Crippen LogP contribution in [-0.2, 0) is 0 Å². The highest BCUT2D eigenvalue weighted by Gasteiger charge is 2.38. The van der Waals surface area contributed by atoms with Gasteiger partial charge in [-0.15, -0.1) is 0 Å². The Morgan fingerprint density at radius 3 is 2.65 bits per heavy atom. The van der Waals surface area contributed by atoms with E-state index in [-0.39, 0.29) is 16.4 Å². The molecule has 222 valence electrons. The molecule has 2 aliphatic heterocycles. The van der Waals surface area contributed by atoms with Crippen molar-refractivity contribution in [2.75, 3.05) is 56.4 Å². The lowest BCUT2D eigenvalue weighted by molar-refractivity contribution is 0.0695. The van der Waals surface area contributed by atoms with Crippen LogP contribution in [0.4, 0.5) is 20.2 Å². The maximum Gasteiger partial charge on any atom is 0.341 e. The van der Waals surface area contributed by atoms with Gasteiger partial charge in [0.2, 0.25) is 5.43 Å². The molecular formula is C30H30F2N8O3. The zero-order valence-electron chi connectivity index (χ0n) is 23.8. The van der Waals surface area contributed by atoms with Gasteiger partial charge < -0.3 is 30.6 Å². The van der Waals surface area contributed by atoms with Gasteiger partial charge in [-0.05, 0) is 38.4 Å². The monoisotopic (exact) mass is 588 g/mol. The minimum Gasteiger partial charge on any atom is -0.477 e. The number of likely N-dealkylation sites (N-methyl/N-ethyl adjacent to an activating group) is 1. The number of aromatic nitrogens is 4. The zero-order valence-corrected chi connectivity index (χ0v) is 23.8. The molecule has 1 aromatic carbocycles. The van der Waals surface area contributed by atoms with E-state index in [2.05, 4.69) is 42.5 Å². The van der Waals surface area contributed by atoms with E-state index in [9.17, 15) is 19.1 Å². The minimum atomic E-state index is -1.36. The molecule has 2 saturated heterocycles. The van der Waals surface area contributed by atoms with Gasteiger partial charge in [0.05, 0.1) is 33.1 Å². The van der Waals surface area contributed by atoms with Gasteiger partial charge in [-0.25, -0.2) is 28.2 Å². The Morgan fingerprint density at radius 1 is 1.12 bits per heavy atom. The third-order valence-corrected chi connectivity index (χ3v) is 9.11. The molecule has 5 aromatic rings. The molecule has 6 heterocycles. The predicted octanol–water partition coefficient (Wildman–Crippen LogP) is 3.81. The van der Waals surface area contributed by atoms with E-state index in [1.165, 1.54) is 10.9 Å². The number of piperidine rings is 1. The number of fused-ring (bicyclic) bond motifs is 5. The first-order valence-electron chi connectivity index (χ1n) is 14.1. The number of halogens is 2. The quantitative estimate of drug-likeness (QED) is 0.242. The number of nitrogens with one attached hydrogen (secondary N) is 3. The summed E-state index contributed by atoms with van der Waals surface area (Å²) in [6, 6.07) is 3.00. The topological polar surface area (TPSA) is 131 Å². The summed E-state index contributed by atoms with van der Waals surface area (Å²) in [5.41, 5.74) is 4.95. The highest BCUT2D eigenvalue weighted by atomic mass is 19.2. The van der Waals surface area contributed by atoms with Crippen LogP contribution in [0.3, 0.4) is 0 Å². The number of hydrogen-bond donors (Lipinski definition) is 4. The molecule has 0 unspecified atom stereocenters. The van der Waals surface area contributed by atoms with Crippen molar-refractivity contribution in [3.05, 3.63) is 58.1 Å². The smallest absolute Gasteiger partial charge is 0.341 e. The molecule has 0 aliphatic carbocycles. The maximum atomic E-state index is 15.7. The van der Waals surface area contributed by atoms with Crippen molar-refractivity contribution in [1.29, 1.82) is 0 Å². The van der Waals surface area contributed by atoms with Crippen LogP contribution in [0, 0.1) is 17.6 Å². The number of anilines is 2.